The number of carbonyl (C=O) groups is 1. The number of methoxy groups -OCH3 is 1. The minimum absolute atomic E-state index is 0.0550. The lowest BCUT2D eigenvalue weighted by Gasteiger charge is -2.13. The van der Waals surface area contributed by atoms with Crippen LogP contribution in [0.5, 0.6) is 11.5 Å². The van der Waals surface area contributed by atoms with Crippen LogP contribution in [-0.4, -0.2) is 24.3 Å². The van der Waals surface area contributed by atoms with E-state index in [1.165, 1.54) is 17.3 Å². The first-order chi connectivity index (χ1) is 13.5. The van der Waals surface area contributed by atoms with E-state index in [9.17, 15) is 4.79 Å². The molecule has 1 aliphatic heterocycles. The molecular formula is C22H24N2O3S. The van der Waals surface area contributed by atoms with Crippen molar-refractivity contribution in [2.24, 2.45) is 4.99 Å². The third-order valence-corrected chi connectivity index (χ3v) is 4.98. The summed E-state index contributed by atoms with van der Waals surface area (Å²) in [6, 6.07) is 13.6. The molecule has 0 saturated carbocycles. The van der Waals surface area contributed by atoms with Gasteiger partial charge in [0.25, 0.3) is 5.91 Å². The van der Waals surface area contributed by atoms with Crippen molar-refractivity contribution in [3.63, 3.8) is 0 Å². The van der Waals surface area contributed by atoms with Gasteiger partial charge in [0.15, 0.2) is 16.7 Å². The maximum atomic E-state index is 12.3. The number of aryl methyl sites for hydroxylation is 1. The Kier molecular flexibility index (Phi) is 6.41. The summed E-state index contributed by atoms with van der Waals surface area (Å²) in [5, 5.41) is 3.39. The van der Waals surface area contributed by atoms with Gasteiger partial charge in [-0.3, -0.25) is 4.79 Å². The van der Waals surface area contributed by atoms with Crippen LogP contribution in [0, 0.1) is 0 Å². The van der Waals surface area contributed by atoms with Crippen LogP contribution >= 0.6 is 11.8 Å². The van der Waals surface area contributed by atoms with Gasteiger partial charge in [-0.25, -0.2) is 4.99 Å². The van der Waals surface area contributed by atoms with E-state index >= 15 is 0 Å². The maximum absolute atomic E-state index is 12.3. The topological polar surface area (TPSA) is 59.9 Å². The SMILES string of the molecule is CCc1ccc(N=C2NC(=O)/C(=C/c3ccc(OC(C)C)c(OC)c3)S2)cc1. The summed E-state index contributed by atoms with van der Waals surface area (Å²) in [6.07, 6.45) is 2.86. The molecule has 28 heavy (non-hydrogen) atoms. The molecule has 1 aliphatic rings. The Balaban J connectivity index is 1.79. The van der Waals surface area contributed by atoms with Crippen LogP contribution in [-0.2, 0) is 11.2 Å². The number of hydrogen-bond acceptors (Lipinski definition) is 5. The van der Waals surface area contributed by atoms with Crippen molar-refractivity contribution in [1.29, 1.82) is 0 Å². The summed E-state index contributed by atoms with van der Waals surface area (Å²) in [4.78, 5) is 17.4. The monoisotopic (exact) mass is 396 g/mol. The Morgan fingerprint density at radius 1 is 1.14 bits per heavy atom. The lowest BCUT2D eigenvalue weighted by Crippen LogP contribution is -2.19. The smallest absolute Gasteiger partial charge is 0.264 e. The maximum Gasteiger partial charge on any atom is 0.264 e. The number of nitrogens with zero attached hydrogens (tertiary/aromatic N) is 1. The summed E-state index contributed by atoms with van der Waals surface area (Å²) in [5.41, 5.74) is 2.93. The van der Waals surface area contributed by atoms with Gasteiger partial charge >= 0.3 is 0 Å². The highest BCUT2D eigenvalue weighted by Gasteiger charge is 2.24. The van der Waals surface area contributed by atoms with Gasteiger partial charge in [0.2, 0.25) is 0 Å². The summed E-state index contributed by atoms with van der Waals surface area (Å²) < 4.78 is 11.1. The van der Waals surface area contributed by atoms with E-state index in [1.807, 2.05) is 62.4 Å². The van der Waals surface area contributed by atoms with Crippen LogP contribution in [0.25, 0.3) is 6.08 Å². The zero-order chi connectivity index (χ0) is 20.1. The van der Waals surface area contributed by atoms with Crippen LogP contribution in [0.1, 0.15) is 31.9 Å². The molecule has 3 rings (SSSR count). The van der Waals surface area contributed by atoms with Crippen molar-refractivity contribution in [1.82, 2.24) is 5.32 Å². The van der Waals surface area contributed by atoms with Crippen LogP contribution < -0.4 is 14.8 Å². The Morgan fingerprint density at radius 2 is 1.89 bits per heavy atom. The molecule has 1 amide bonds. The molecule has 0 aliphatic carbocycles. The van der Waals surface area contributed by atoms with Gasteiger partial charge in [-0.05, 0) is 73.5 Å². The van der Waals surface area contributed by atoms with E-state index in [0.717, 1.165) is 17.7 Å². The van der Waals surface area contributed by atoms with Crippen molar-refractivity contribution in [2.75, 3.05) is 7.11 Å². The first-order valence-corrected chi connectivity index (χ1v) is 10.0. The van der Waals surface area contributed by atoms with Gasteiger partial charge in [-0.1, -0.05) is 25.1 Å². The quantitative estimate of drug-likeness (QED) is 0.703. The van der Waals surface area contributed by atoms with Crippen molar-refractivity contribution in [3.8, 4) is 11.5 Å². The fourth-order valence-electron chi connectivity index (χ4n) is 2.68. The number of amides is 1. The third kappa shape index (κ3) is 4.95. The van der Waals surface area contributed by atoms with Crippen LogP contribution in [0.15, 0.2) is 52.4 Å². The Morgan fingerprint density at radius 3 is 2.54 bits per heavy atom. The highest BCUT2D eigenvalue weighted by atomic mass is 32.2. The highest BCUT2D eigenvalue weighted by Crippen LogP contribution is 2.32. The Labute approximate surface area is 169 Å². The van der Waals surface area contributed by atoms with E-state index in [4.69, 9.17) is 9.47 Å². The number of amidine groups is 1. The van der Waals surface area contributed by atoms with Crippen molar-refractivity contribution in [2.45, 2.75) is 33.3 Å². The molecule has 1 fully saturated rings. The predicted octanol–water partition coefficient (Wildman–Crippen LogP) is 4.94. The summed E-state index contributed by atoms with van der Waals surface area (Å²) in [7, 11) is 1.60. The third-order valence-electron chi connectivity index (χ3n) is 4.07. The molecule has 0 bridgehead atoms. The molecule has 2 aromatic rings. The number of rotatable bonds is 6. The fraction of sp³-hybridized carbons (Fsp3) is 0.273. The number of aliphatic imine (C=N–C) groups is 1. The molecule has 0 spiro atoms. The van der Waals surface area contributed by atoms with Gasteiger partial charge < -0.3 is 14.8 Å². The molecular weight excluding hydrogens is 372 g/mol. The zero-order valence-electron chi connectivity index (χ0n) is 16.5. The van der Waals surface area contributed by atoms with Crippen molar-refractivity contribution < 1.29 is 14.3 Å². The lowest BCUT2D eigenvalue weighted by atomic mass is 10.2. The first kappa shape index (κ1) is 20.0. The second-order valence-electron chi connectivity index (χ2n) is 6.58. The minimum Gasteiger partial charge on any atom is -0.493 e. The van der Waals surface area contributed by atoms with Gasteiger partial charge in [0.1, 0.15) is 0 Å². The van der Waals surface area contributed by atoms with Gasteiger partial charge in [-0.2, -0.15) is 0 Å². The normalized spacial score (nSPS) is 16.7. The van der Waals surface area contributed by atoms with Crippen molar-refractivity contribution in [3.05, 3.63) is 58.5 Å². The summed E-state index contributed by atoms with van der Waals surface area (Å²) in [6.45, 7) is 6.04. The van der Waals surface area contributed by atoms with Crippen molar-refractivity contribution >= 4 is 34.6 Å². The fourth-order valence-corrected chi connectivity index (χ4v) is 3.52. The molecule has 0 unspecified atom stereocenters. The van der Waals surface area contributed by atoms with E-state index in [-0.39, 0.29) is 12.0 Å². The molecule has 1 saturated heterocycles. The second kappa shape index (κ2) is 8.97. The van der Waals surface area contributed by atoms with E-state index in [0.29, 0.717) is 21.6 Å². The zero-order valence-corrected chi connectivity index (χ0v) is 17.3. The van der Waals surface area contributed by atoms with Crippen LogP contribution in [0.3, 0.4) is 0 Å². The number of nitrogens with one attached hydrogen (secondary N) is 1. The minimum atomic E-state index is -0.157. The number of hydrogen-bond donors (Lipinski definition) is 1. The Hall–Kier alpha value is -2.73. The van der Waals surface area contributed by atoms with E-state index in [1.54, 1.807) is 7.11 Å². The second-order valence-corrected chi connectivity index (χ2v) is 7.61. The molecule has 2 aromatic carbocycles. The molecule has 0 aromatic heterocycles. The van der Waals surface area contributed by atoms with Crippen LogP contribution in [0.4, 0.5) is 5.69 Å². The number of benzene rings is 2. The first-order valence-electron chi connectivity index (χ1n) is 9.21. The average Bonchev–Trinajstić information content (AvgIpc) is 3.02. The molecule has 1 N–H and O–H groups in total. The lowest BCUT2D eigenvalue weighted by molar-refractivity contribution is -0.115. The molecule has 5 nitrogen and oxygen atoms in total. The van der Waals surface area contributed by atoms with Gasteiger partial charge in [0.05, 0.1) is 23.8 Å². The standard InChI is InChI=1S/C22H24N2O3S/c1-5-15-6-9-17(10-7-15)23-22-24-21(25)20(28-22)13-16-8-11-18(27-14(2)3)19(12-16)26-4/h6-14H,5H2,1-4H3,(H,23,24,25)/b20-13-. The number of thioether (sulfide) groups is 1. The largest absolute Gasteiger partial charge is 0.493 e. The van der Waals surface area contributed by atoms with E-state index in [2.05, 4.69) is 17.2 Å². The average molecular weight is 397 g/mol. The summed E-state index contributed by atoms with van der Waals surface area (Å²) in [5.74, 6) is 1.16. The molecule has 0 radical (unpaired) electrons. The van der Waals surface area contributed by atoms with Gasteiger partial charge in [0, 0.05) is 0 Å². The molecule has 6 heteroatoms. The summed E-state index contributed by atoms with van der Waals surface area (Å²) >= 11 is 1.33. The van der Waals surface area contributed by atoms with Crippen LogP contribution in [0.2, 0.25) is 0 Å². The molecule has 1 heterocycles. The number of ether oxygens (including phenoxy) is 2. The number of carbonyl (C=O) groups excluding carboxylic acids is 1. The predicted molar refractivity (Wildman–Crippen MR) is 115 cm³/mol. The molecule has 0 atom stereocenters. The van der Waals surface area contributed by atoms with Gasteiger partial charge in [-0.15, -0.1) is 0 Å². The highest BCUT2D eigenvalue weighted by molar-refractivity contribution is 8.18. The Bertz CT molecular complexity index is 918. The molecule has 146 valence electrons. The van der Waals surface area contributed by atoms with E-state index < -0.39 is 0 Å².